The molecule has 1 nitrogen and oxygen atoms in total. The van der Waals surface area contributed by atoms with Gasteiger partial charge in [-0.3, -0.25) is 0 Å². The highest BCUT2D eigenvalue weighted by molar-refractivity contribution is 9.09. The number of hydrogen-bond donors (Lipinski definition) is 1. The number of hydrogen-bond acceptors (Lipinski definition) is 1. The topological polar surface area (TPSA) is 12.0 Å². The predicted molar refractivity (Wildman–Crippen MR) is 61.0 cm³/mol. The summed E-state index contributed by atoms with van der Waals surface area (Å²) < 4.78 is 0. The Morgan fingerprint density at radius 3 is 3.15 bits per heavy atom. The standard InChI is InChI=1S/C10H11BrClN/c11-6-9-4-2-7-1-3-8(12)5-10(7)13-9/h1,3,5,9,13H,2,4,6H2/t9-/m0/s1. The van der Waals surface area contributed by atoms with E-state index in [9.17, 15) is 0 Å². The number of fused-ring (bicyclic) bond motifs is 1. The first-order valence-electron chi connectivity index (χ1n) is 4.40. The zero-order valence-corrected chi connectivity index (χ0v) is 9.53. The van der Waals surface area contributed by atoms with E-state index in [-0.39, 0.29) is 0 Å². The maximum atomic E-state index is 5.92. The van der Waals surface area contributed by atoms with E-state index in [4.69, 9.17) is 11.6 Å². The summed E-state index contributed by atoms with van der Waals surface area (Å²) in [6, 6.07) is 6.61. The molecular formula is C10H11BrClN. The molecule has 0 unspecified atom stereocenters. The minimum atomic E-state index is 0.547. The highest BCUT2D eigenvalue weighted by Gasteiger charge is 2.16. The van der Waals surface area contributed by atoms with Crippen molar-refractivity contribution < 1.29 is 0 Å². The average Bonchev–Trinajstić information content (AvgIpc) is 2.16. The van der Waals surface area contributed by atoms with Gasteiger partial charge in [0.1, 0.15) is 0 Å². The molecule has 1 aliphatic heterocycles. The van der Waals surface area contributed by atoms with Crippen LogP contribution >= 0.6 is 27.5 Å². The van der Waals surface area contributed by atoms with Crippen LogP contribution in [0.3, 0.4) is 0 Å². The highest BCUT2D eigenvalue weighted by Crippen LogP contribution is 2.28. The van der Waals surface area contributed by atoms with Gasteiger partial charge in [-0.2, -0.15) is 0 Å². The van der Waals surface area contributed by atoms with Crippen LogP contribution in [0, 0.1) is 0 Å². The lowest BCUT2D eigenvalue weighted by molar-refractivity contribution is 0.692. The summed E-state index contributed by atoms with van der Waals surface area (Å²) in [5.74, 6) is 0. The third-order valence-corrected chi connectivity index (χ3v) is 3.40. The molecule has 70 valence electrons. The molecule has 1 aromatic carbocycles. The van der Waals surface area contributed by atoms with Gasteiger partial charge in [-0.15, -0.1) is 0 Å². The SMILES string of the molecule is Clc1ccc2c(c1)N[C@H](CBr)CC2. The predicted octanol–water partition coefficient (Wildman–Crippen LogP) is 3.46. The Bertz CT molecular complexity index is 314. The number of rotatable bonds is 1. The third-order valence-electron chi connectivity index (χ3n) is 2.38. The Morgan fingerprint density at radius 2 is 2.38 bits per heavy atom. The van der Waals surface area contributed by atoms with Gasteiger partial charge in [0.2, 0.25) is 0 Å². The van der Waals surface area contributed by atoms with Crippen molar-refractivity contribution in [2.75, 3.05) is 10.6 Å². The second kappa shape index (κ2) is 3.89. The number of nitrogens with one attached hydrogen (secondary N) is 1. The molecular weight excluding hydrogens is 249 g/mol. The zero-order valence-electron chi connectivity index (χ0n) is 7.19. The van der Waals surface area contributed by atoms with Crippen LogP contribution in [-0.2, 0) is 6.42 Å². The molecule has 0 spiro atoms. The van der Waals surface area contributed by atoms with Crippen LogP contribution in [-0.4, -0.2) is 11.4 Å². The van der Waals surface area contributed by atoms with Gasteiger partial charge in [0.15, 0.2) is 0 Å². The zero-order chi connectivity index (χ0) is 9.26. The van der Waals surface area contributed by atoms with Crippen LogP contribution in [0.2, 0.25) is 5.02 Å². The molecule has 0 radical (unpaired) electrons. The summed E-state index contributed by atoms with van der Waals surface area (Å²) >= 11 is 9.40. The number of aryl methyl sites for hydroxylation is 1. The van der Waals surface area contributed by atoms with Crippen LogP contribution in [0.5, 0.6) is 0 Å². The summed E-state index contributed by atoms with van der Waals surface area (Å²) in [4.78, 5) is 0. The summed E-state index contributed by atoms with van der Waals surface area (Å²) in [6.45, 7) is 0. The van der Waals surface area contributed by atoms with E-state index in [0.717, 1.165) is 16.8 Å². The van der Waals surface area contributed by atoms with Gasteiger partial charge < -0.3 is 5.32 Å². The number of alkyl halides is 1. The van der Waals surface area contributed by atoms with Crippen molar-refractivity contribution in [1.82, 2.24) is 0 Å². The van der Waals surface area contributed by atoms with Crippen molar-refractivity contribution in [2.24, 2.45) is 0 Å². The smallest absolute Gasteiger partial charge is 0.0426 e. The lowest BCUT2D eigenvalue weighted by Gasteiger charge is -2.25. The molecule has 13 heavy (non-hydrogen) atoms. The first kappa shape index (κ1) is 9.35. The fourth-order valence-corrected chi connectivity index (χ4v) is 2.30. The summed E-state index contributed by atoms with van der Waals surface area (Å²) in [7, 11) is 0. The molecule has 0 amide bonds. The third kappa shape index (κ3) is 2.00. The maximum absolute atomic E-state index is 5.92. The molecule has 1 heterocycles. The van der Waals surface area contributed by atoms with Crippen molar-refractivity contribution in [3.05, 3.63) is 28.8 Å². The normalized spacial score (nSPS) is 20.6. The second-order valence-corrected chi connectivity index (χ2v) is 4.42. The van der Waals surface area contributed by atoms with E-state index < -0.39 is 0 Å². The second-order valence-electron chi connectivity index (χ2n) is 3.34. The van der Waals surface area contributed by atoms with E-state index in [2.05, 4.69) is 27.3 Å². The van der Waals surface area contributed by atoms with Gasteiger partial charge >= 0.3 is 0 Å². The molecule has 1 N–H and O–H groups in total. The minimum absolute atomic E-state index is 0.547. The molecule has 2 rings (SSSR count). The van der Waals surface area contributed by atoms with Crippen LogP contribution in [0.15, 0.2) is 18.2 Å². The maximum Gasteiger partial charge on any atom is 0.0426 e. The molecule has 1 aliphatic rings. The van der Waals surface area contributed by atoms with Crippen LogP contribution in [0.25, 0.3) is 0 Å². The van der Waals surface area contributed by atoms with E-state index in [0.29, 0.717) is 6.04 Å². The molecule has 0 aromatic heterocycles. The molecule has 0 saturated heterocycles. The van der Waals surface area contributed by atoms with Gasteiger partial charge in [0, 0.05) is 22.1 Å². The van der Waals surface area contributed by atoms with Crippen LogP contribution in [0.1, 0.15) is 12.0 Å². The van der Waals surface area contributed by atoms with Crippen LogP contribution < -0.4 is 5.32 Å². The molecule has 3 heteroatoms. The van der Waals surface area contributed by atoms with Crippen LogP contribution in [0.4, 0.5) is 5.69 Å². The van der Waals surface area contributed by atoms with Crippen molar-refractivity contribution in [3.63, 3.8) is 0 Å². The highest BCUT2D eigenvalue weighted by atomic mass is 79.9. The van der Waals surface area contributed by atoms with E-state index in [1.165, 1.54) is 17.7 Å². The number of halogens is 2. The van der Waals surface area contributed by atoms with E-state index >= 15 is 0 Å². The van der Waals surface area contributed by atoms with Gasteiger partial charge in [-0.1, -0.05) is 33.6 Å². The summed E-state index contributed by atoms with van der Waals surface area (Å²) in [5.41, 5.74) is 2.57. The first-order chi connectivity index (χ1) is 6.29. The van der Waals surface area contributed by atoms with Crippen molar-refractivity contribution >= 4 is 33.2 Å². The summed E-state index contributed by atoms with van der Waals surface area (Å²) in [6.07, 6.45) is 2.34. The van der Waals surface area contributed by atoms with Crippen molar-refractivity contribution in [3.8, 4) is 0 Å². The molecule has 0 fully saturated rings. The molecule has 0 aliphatic carbocycles. The molecule has 1 atom stereocenters. The summed E-state index contributed by atoms with van der Waals surface area (Å²) in [5, 5.41) is 5.26. The Kier molecular flexibility index (Phi) is 2.80. The Balaban J connectivity index is 2.27. The first-order valence-corrected chi connectivity index (χ1v) is 5.90. The molecule has 0 saturated carbocycles. The monoisotopic (exact) mass is 259 g/mol. The van der Waals surface area contributed by atoms with E-state index in [1.807, 2.05) is 12.1 Å². The Labute approximate surface area is 91.6 Å². The molecule has 0 bridgehead atoms. The fraction of sp³-hybridized carbons (Fsp3) is 0.400. The fourth-order valence-electron chi connectivity index (χ4n) is 1.64. The van der Waals surface area contributed by atoms with Gasteiger partial charge in [-0.05, 0) is 30.5 Å². The van der Waals surface area contributed by atoms with E-state index in [1.54, 1.807) is 0 Å². The lowest BCUT2D eigenvalue weighted by atomic mass is 9.99. The number of benzene rings is 1. The quantitative estimate of drug-likeness (QED) is 0.763. The Hall–Kier alpha value is -0.210. The van der Waals surface area contributed by atoms with Gasteiger partial charge in [0.05, 0.1) is 0 Å². The van der Waals surface area contributed by atoms with Gasteiger partial charge in [-0.25, -0.2) is 0 Å². The minimum Gasteiger partial charge on any atom is -0.381 e. The number of anilines is 1. The average molecular weight is 261 g/mol. The lowest BCUT2D eigenvalue weighted by Crippen LogP contribution is -2.26. The Morgan fingerprint density at radius 1 is 1.54 bits per heavy atom. The molecule has 1 aromatic rings. The van der Waals surface area contributed by atoms with Gasteiger partial charge in [0.25, 0.3) is 0 Å². The van der Waals surface area contributed by atoms with Crippen molar-refractivity contribution in [1.29, 1.82) is 0 Å². The largest absolute Gasteiger partial charge is 0.381 e. The van der Waals surface area contributed by atoms with Crippen molar-refractivity contribution in [2.45, 2.75) is 18.9 Å².